The van der Waals surface area contributed by atoms with E-state index in [0.29, 0.717) is 21.6 Å². The zero-order valence-electron chi connectivity index (χ0n) is 14.0. The van der Waals surface area contributed by atoms with Gasteiger partial charge >= 0.3 is 0 Å². The van der Waals surface area contributed by atoms with Gasteiger partial charge in [-0.05, 0) is 18.2 Å². The van der Waals surface area contributed by atoms with E-state index in [9.17, 15) is 13.2 Å². The summed E-state index contributed by atoms with van der Waals surface area (Å²) < 4.78 is 28.1. The van der Waals surface area contributed by atoms with Gasteiger partial charge in [0.15, 0.2) is 0 Å². The summed E-state index contributed by atoms with van der Waals surface area (Å²) in [6.07, 6.45) is 4.16. The minimum Gasteiger partial charge on any atom is -0.274 e. The molecule has 0 atom stereocenters. The summed E-state index contributed by atoms with van der Waals surface area (Å²) in [7, 11) is -2.09. The van der Waals surface area contributed by atoms with Crippen molar-refractivity contribution in [2.45, 2.75) is 16.3 Å². The first-order valence-electron chi connectivity index (χ1n) is 7.78. The first-order valence-corrected chi connectivity index (χ1v) is 9.64. The van der Waals surface area contributed by atoms with Crippen LogP contribution >= 0.6 is 11.6 Å². The van der Waals surface area contributed by atoms with Gasteiger partial charge in [0.2, 0.25) is 9.84 Å². The van der Waals surface area contributed by atoms with Crippen LogP contribution in [0.15, 0.2) is 57.4 Å². The maximum atomic E-state index is 12.7. The van der Waals surface area contributed by atoms with Gasteiger partial charge in [0.1, 0.15) is 10.0 Å². The van der Waals surface area contributed by atoms with E-state index >= 15 is 0 Å². The van der Waals surface area contributed by atoms with Gasteiger partial charge in [0.05, 0.1) is 34.9 Å². The first kappa shape index (κ1) is 17.4. The topological polar surface area (TPSA) is 116 Å². The van der Waals surface area contributed by atoms with Crippen LogP contribution in [-0.4, -0.2) is 38.2 Å². The number of sulfone groups is 1. The summed E-state index contributed by atoms with van der Waals surface area (Å²) in [5, 5.41) is 15.7. The van der Waals surface area contributed by atoms with Crippen LogP contribution in [-0.2, 0) is 23.4 Å². The SMILES string of the molecule is Cn1cc(S(=O)(=O)c2ccc3c(=O)n(Cc4cc(Cl)[nH]n4)ncc3c2)cn1. The van der Waals surface area contributed by atoms with Crippen molar-refractivity contribution in [1.29, 1.82) is 0 Å². The minimum absolute atomic E-state index is 0.0704. The quantitative estimate of drug-likeness (QED) is 0.549. The predicted octanol–water partition coefficient (Wildman–Crippen LogP) is 1.39. The highest BCUT2D eigenvalue weighted by molar-refractivity contribution is 7.91. The zero-order chi connectivity index (χ0) is 19.2. The second kappa shape index (κ2) is 6.32. The van der Waals surface area contributed by atoms with Gasteiger partial charge in [-0.25, -0.2) is 13.1 Å². The summed E-state index contributed by atoms with van der Waals surface area (Å²) >= 11 is 5.78. The normalized spacial score (nSPS) is 11.9. The molecule has 4 aromatic rings. The number of rotatable bonds is 4. The highest BCUT2D eigenvalue weighted by Crippen LogP contribution is 2.23. The van der Waals surface area contributed by atoms with Crippen LogP contribution in [0.25, 0.3) is 10.8 Å². The third-order valence-corrected chi connectivity index (χ3v) is 5.94. The van der Waals surface area contributed by atoms with Gasteiger partial charge in [-0.2, -0.15) is 15.3 Å². The molecular formula is C16H13ClN6O3S. The number of fused-ring (bicyclic) bond motifs is 1. The Bertz CT molecular complexity index is 1320. The van der Waals surface area contributed by atoms with Crippen molar-refractivity contribution in [2.24, 2.45) is 7.05 Å². The number of aromatic amines is 1. The van der Waals surface area contributed by atoms with E-state index in [0.717, 1.165) is 0 Å². The molecule has 0 amide bonds. The van der Waals surface area contributed by atoms with Crippen LogP contribution in [0.1, 0.15) is 5.69 Å². The molecule has 1 aromatic carbocycles. The predicted molar refractivity (Wildman–Crippen MR) is 97.4 cm³/mol. The van der Waals surface area contributed by atoms with E-state index in [1.807, 2.05) is 0 Å². The van der Waals surface area contributed by atoms with Crippen LogP contribution in [0.4, 0.5) is 0 Å². The largest absolute Gasteiger partial charge is 0.274 e. The molecule has 27 heavy (non-hydrogen) atoms. The number of aromatic nitrogens is 6. The number of nitrogens with zero attached hydrogens (tertiary/aromatic N) is 5. The molecule has 11 heteroatoms. The zero-order valence-corrected chi connectivity index (χ0v) is 15.6. The van der Waals surface area contributed by atoms with Gasteiger partial charge in [-0.1, -0.05) is 11.6 Å². The van der Waals surface area contributed by atoms with E-state index in [-0.39, 0.29) is 21.9 Å². The minimum atomic E-state index is -3.73. The molecule has 0 saturated heterocycles. The Morgan fingerprint density at radius 3 is 2.63 bits per heavy atom. The number of halogens is 1. The molecular weight excluding hydrogens is 392 g/mol. The fraction of sp³-hybridized carbons (Fsp3) is 0.125. The number of aryl methyl sites for hydroxylation is 1. The highest BCUT2D eigenvalue weighted by Gasteiger charge is 2.20. The number of hydrogen-bond donors (Lipinski definition) is 1. The molecule has 0 aliphatic carbocycles. The molecule has 9 nitrogen and oxygen atoms in total. The van der Waals surface area contributed by atoms with Gasteiger partial charge < -0.3 is 0 Å². The second-order valence-electron chi connectivity index (χ2n) is 5.92. The van der Waals surface area contributed by atoms with Gasteiger partial charge in [-0.15, -0.1) is 0 Å². The molecule has 3 aromatic heterocycles. The highest BCUT2D eigenvalue weighted by atomic mass is 35.5. The molecule has 0 aliphatic rings. The van der Waals surface area contributed by atoms with E-state index in [4.69, 9.17) is 11.6 Å². The second-order valence-corrected chi connectivity index (χ2v) is 8.27. The van der Waals surface area contributed by atoms with Crippen molar-refractivity contribution in [1.82, 2.24) is 29.8 Å². The lowest BCUT2D eigenvalue weighted by Crippen LogP contribution is -2.23. The molecule has 0 saturated carbocycles. The summed E-state index contributed by atoms with van der Waals surface area (Å²) in [6, 6.07) is 5.92. The van der Waals surface area contributed by atoms with Gasteiger partial charge in [-0.3, -0.25) is 14.6 Å². The van der Waals surface area contributed by atoms with Crippen molar-refractivity contribution >= 4 is 32.2 Å². The average Bonchev–Trinajstić information content (AvgIpc) is 3.26. The molecule has 4 rings (SSSR count). The lowest BCUT2D eigenvalue weighted by Gasteiger charge is -2.06. The monoisotopic (exact) mass is 404 g/mol. The Morgan fingerprint density at radius 1 is 1.15 bits per heavy atom. The number of benzene rings is 1. The molecule has 0 bridgehead atoms. The van der Waals surface area contributed by atoms with Crippen molar-refractivity contribution in [3.63, 3.8) is 0 Å². The molecule has 0 radical (unpaired) electrons. The van der Waals surface area contributed by atoms with Crippen LogP contribution in [0.3, 0.4) is 0 Å². The fourth-order valence-electron chi connectivity index (χ4n) is 2.69. The Labute approximate surface area is 158 Å². The number of nitrogens with one attached hydrogen (secondary N) is 1. The first-order chi connectivity index (χ1) is 12.8. The lowest BCUT2D eigenvalue weighted by molar-refractivity contribution is 0.596. The standard InChI is InChI=1S/C16H13ClN6O3S/c1-22-9-13(7-18-22)27(25,26)12-2-3-14-10(4-12)6-19-23(16(14)24)8-11-5-15(17)21-20-11/h2-7,9H,8H2,1H3,(H,20,21). The van der Waals surface area contributed by atoms with Crippen molar-refractivity contribution in [2.75, 3.05) is 0 Å². The Hall–Kier alpha value is -2.98. The summed E-state index contributed by atoms with van der Waals surface area (Å²) in [6.45, 7) is 0.147. The Kier molecular flexibility index (Phi) is 4.08. The van der Waals surface area contributed by atoms with Crippen molar-refractivity contribution in [3.8, 4) is 0 Å². The number of hydrogen-bond acceptors (Lipinski definition) is 6. The van der Waals surface area contributed by atoms with Crippen LogP contribution in [0, 0.1) is 0 Å². The van der Waals surface area contributed by atoms with Crippen LogP contribution in [0.2, 0.25) is 5.15 Å². The third kappa shape index (κ3) is 3.13. The Balaban J connectivity index is 1.76. The molecule has 3 heterocycles. The lowest BCUT2D eigenvalue weighted by atomic mass is 10.2. The van der Waals surface area contributed by atoms with E-state index in [2.05, 4.69) is 20.4 Å². The summed E-state index contributed by atoms with van der Waals surface area (Å²) in [5.74, 6) is 0. The molecule has 0 unspecified atom stereocenters. The molecule has 0 fully saturated rings. The van der Waals surface area contributed by atoms with E-state index < -0.39 is 9.84 Å². The van der Waals surface area contributed by atoms with Gasteiger partial charge in [0, 0.05) is 24.7 Å². The van der Waals surface area contributed by atoms with Crippen LogP contribution in [0.5, 0.6) is 0 Å². The molecule has 0 aliphatic heterocycles. The number of H-pyrrole nitrogens is 1. The molecule has 0 spiro atoms. The van der Waals surface area contributed by atoms with Crippen molar-refractivity contribution < 1.29 is 8.42 Å². The summed E-state index contributed by atoms with van der Waals surface area (Å²) in [5.41, 5.74) is 0.210. The van der Waals surface area contributed by atoms with Crippen LogP contribution < -0.4 is 5.56 Å². The summed E-state index contributed by atoms with van der Waals surface area (Å²) in [4.78, 5) is 12.8. The van der Waals surface area contributed by atoms with Crippen molar-refractivity contribution in [3.05, 3.63) is 64.1 Å². The van der Waals surface area contributed by atoms with E-state index in [1.54, 1.807) is 13.1 Å². The smallest absolute Gasteiger partial charge is 0.274 e. The third-order valence-electron chi connectivity index (χ3n) is 4.04. The molecule has 1 N–H and O–H groups in total. The maximum Gasteiger partial charge on any atom is 0.274 e. The van der Waals surface area contributed by atoms with Gasteiger partial charge in [0.25, 0.3) is 5.56 Å². The molecule has 138 valence electrons. The maximum absolute atomic E-state index is 12.7. The average molecular weight is 405 g/mol. The Morgan fingerprint density at radius 2 is 1.96 bits per heavy atom. The van der Waals surface area contributed by atoms with E-state index in [1.165, 1.54) is 46.2 Å². The fourth-order valence-corrected chi connectivity index (χ4v) is 4.14.